The minimum absolute atomic E-state index is 0.255. The Morgan fingerprint density at radius 3 is 2.46 bits per heavy atom. The molecule has 1 amide bonds. The molecule has 3 rings (SSSR count). The van der Waals surface area contributed by atoms with Crippen LogP contribution in [0.15, 0.2) is 48.5 Å². The van der Waals surface area contributed by atoms with Crippen LogP contribution in [0.1, 0.15) is 42.1 Å². The van der Waals surface area contributed by atoms with Gasteiger partial charge in [-0.15, -0.1) is 0 Å². The van der Waals surface area contributed by atoms with Crippen LogP contribution in [0.5, 0.6) is 11.5 Å². The first-order chi connectivity index (χ1) is 13.4. The standard InChI is InChI=1S/C22H25NO5/c1-22(13-20(24)25,17-4-3-5-19(12-17)27-2)23-21(26)16-8-10-18(11-9-16)28-14-15-6-7-15/h3-5,8-12,15H,6-7,13-14H2,1-2H3,(H,23,26)(H,24,25). The van der Waals surface area contributed by atoms with Gasteiger partial charge in [-0.2, -0.15) is 0 Å². The maximum atomic E-state index is 12.8. The van der Waals surface area contributed by atoms with Crippen molar-refractivity contribution >= 4 is 11.9 Å². The van der Waals surface area contributed by atoms with Crippen molar-refractivity contribution < 1.29 is 24.2 Å². The van der Waals surface area contributed by atoms with Gasteiger partial charge in [0.25, 0.3) is 5.91 Å². The Balaban J connectivity index is 1.75. The second-order valence-electron chi connectivity index (χ2n) is 7.37. The molecule has 0 bridgehead atoms. The topological polar surface area (TPSA) is 84.9 Å². The number of carbonyl (C=O) groups is 2. The molecule has 1 fully saturated rings. The van der Waals surface area contributed by atoms with Crippen molar-refractivity contribution in [1.82, 2.24) is 5.32 Å². The lowest BCUT2D eigenvalue weighted by atomic mass is 9.88. The van der Waals surface area contributed by atoms with Gasteiger partial charge in [-0.3, -0.25) is 9.59 Å². The second kappa shape index (κ2) is 8.33. The average molecular weight is 383 g/mol. The van der Waals surface area contributed by atoms with Crippen molar-refractivity contribution in [3.63, 3.8) is 0 Å². The zero-order valence-electron chi connectivity index (χ0n) is 16.1. The third kappa shape index (κ3) is 5.03. The van der Waals surface area contributed by atoms with Crippen LogP contribution in [0.4, 0.5) is 0 Å². The van der Waals surface area contributed by atoms with Gasteiger partial charge in [0.1, 0.15) is 11.5 Å². The molecule has 0 saturated heterocycles. The number of rotatable bonds is 9. The lowest BCUT2D eigenvalue weighted by Crippen LogP contribution is -2.45. The van der Waals surface area contributed by atoms with E-state index in [2.05, 4.69) is 5.32 Å². The maximum Gasteiger partial charge on any atom is 0.306 e. The fourth-order valence-electron chi connectivity index (χ4n) is 3.01. The van der Waals surface area contributed by atoms with Crippen LogP contribution >= 0.6 is 0 Å². The molecule has 1 unspecified atom stereocenters. The van der Waals surface area contributed by atoms with Crippen molar-refractivity contribution in [3.8, 4) is 11.5 Å². The van der Waals surface area contributed by atoms with Gasteiger partial charge in [0, 0.05) is 5.56 Å². The van der Waals surface area contributed by atoms with Crippen LogP contribution in [0.25, 0.3) is 0 Å². The highest BCUT2D eigenvalue weighted by Crippen LogP contribution is 2.30. The van der Waals surface area contributed by atoms with Crippen molar-refractivity contribution in [1.29, 1.82) is 0 Å². The summed E-state index contributed by atoms with van der Waals surface area (Å²) in [6.45, 7) is 2.40. The van der Waals surface area contributed by atoms with Gasteiger partial charge in [-0.1, -0.05) is 12.1 Å². The second-order valence-corrected chi connectivity index (χ2v) is 7.37. The molecule has 0 radical (unpaired) electrons. The summed E-state index contributed by atoms with van der Waals surface area (Å²) in [6.07, 6.45) is 2.17. The van der Waals surface area contributed by atoms with Crippen LogP contribution in [-0.4, -0.2) is 30.7 Å². The van der Waals surface area contributed by atoms with Gasteiger partial charge in [0.2, 0.25) is 0 Å². The normalized spacial score (nSPS) is 15.4. The van der Waals surface area contributed by atoms with E-state index < -0.39 is 11.5 Å². The zero-order chi connectivity index (χ0) is 20.1. The summed E-state index contributed by atoms with van der Waals surface area (Å²) in [4.78, 5) is 24.2. The summed E-state index contributed by atoms with van der Waals surface area (Å²) in [6, 6.07) is 13.9. The van der Waals surface area contributed by atoms with Crippen molar-refractivity contribution in [2.24, 2.45) is 5.92 Å². The molecule has 1 aliphatic rings. The number of amides is 1. The molecule has 0 aliphatic heterocycles. The van der Waals surface area contributed by atoms with Crippen LogP contribution in [0.2, 0.25) is 0 Å². The van der Waals surface area contributed by atoms with E-state index in [1.165, 1.54) is 12.8 Å². The number of nitrogens with one attached hydrogen (secondary N) is 1. The smallest absolute Gasteiger partial charge is 0.306 e. The predicted octanol–water partition coefficient (Wildman–Crippen LogP) is 3.60. The maximum absolute atomic E-state index is 12.8. The number of hydrogen-bond donors (Lipinski definition) is 2. The molecule has 0 aromatic heterocycles. The SMILES string of the molecule is COc1cccc(C(C)(CC(=O)O)NC(=O)c2ccc(OCC3CC3)cc2)c1. The summed E-state index contributed by atoms with van der Waals surface area (Å²) in [5.74, 6) is 0.627. The molecule has 6 heteroatoms. The van der Waals surface area contributed by atoms with Gasteiger partial charge in [-0.25, -0.2) is 0 Å². The van der Waals surface area contributed by atoms with Crippen LogP contribution < -0.4 is 14.8 Å². The fraction of sp³-hybridized carbons (Fsp3) is 0.364. The Hall–Kier alpha value is -3.02. The molecule has 2 aromatic carbocycles. The van der Waals surface area contributed by atoms with E-state index in [1.54, 1.807) is 62.6 Å². The highest BCUT2D eigenvalue weighted by molar-refractivity contribution is 5.95. The molecule has 1 aliphatic carbocycles. The molecule has 6 nitrogen and oxygen atoms in total. The van der Waals surface area contributed by atoms with Gasteiger partial charge < -0.3 is 19.9 Å². The average Bonchev–Trinajstić information content (AvgIpc) is 3.50. The van der Waals surface area contributed by atoms with Crippen molar-refractivity contribution in [2.45, 2.75) is 31.7 Å². The van der Waals surface area contributed by atoms with E-state index in [9.17, 15) is 14.7 Å². The third-order valence-electron chi connectivity index (χ3n) is 4.90. The molecule has 2 N–H and O–H groups in total. The van der Waals surface area contributed by atoms with Gasteiger partial charge in [0.05, 0.1) is 25.7 Å². The van der Waals surface area contributed by atoms with Crippen molar-refractivity contribution in [2.75, 3.05) is 13.7 Å². The summed E-state index contributed by atoms with van der Waals surface area (Å²) in [5.41, 5.74) is 0.0174. The first-order valence-electron chi connectivity index (χ1n) is 9.31. The first-order valence-corrected chi connectivity index (χ1v) is 9.31. The summed E-state index contributed by atoms with van der Waals surface area (Å²) in [5, 5.41) is 12.2. The fourth-order valence-corrected chi connectivity index (χ4v) is 3.01. The van der Waals surface area contributed by atoms with Gasteiger partial charge in [-0.05, 0) is 67.6 Å². The largest absolute Gasteiger partial charge is 0.497 e. The van der Waals surface area contributed by atoms with Crippen LogP contribution in [-0.2, 0) is 10.3 Å². The van der Waals surface area contributed by atoms with Crippen molar-refractivity contribution in [3.05, 3.63) is 59.7 Å². The van der Waals surface area contributed by atoms with E-state index >= 15 is 0 Å². The number of ether oxygens (including phenoxy) is 2. The minimum Gasteiger partial charge on any atom is -0.497 e. The number of carboxylic acid groups (broad SMARTS) is 1. The number of aliphatic carboxylic acids is 1. The molecule has 28 heavy (non-hydrogen) atoms. The lowest BCUT2D eigenvalue weighted by molar-refractivity contribution is -0.138. The molecule has 148 valence electrons. The summed E-state index contributed by atoms with van der Waals surface area (Å²) in [7, 11) is 1.54. The summed E-state index contributed by atoms with van der Waals surface area (Å²) < 4.78 is 10.9. The molecule has 0 spiro atoms. The monoisotopic (exact) mass is 383 g/mol. The molecule has 2 aromatic rings. The number of carboxylic acids is 1. The van der Waals surface area contributed by atoms with E-state index in [0.29, 0.717) is 29.4 Å². The molecular weight excluding hydrogens is 358 g/mol. The highest BCUT2D eigenvalue weighted by Gasteiger charge is 2.32. The number of benzene rings is 2. The van der Waals surface area contributed by atoms with E-state index in [-0.39, 0.29) is 12.3 Å². The van der Waals surface area contributed by atoms with Crippen LogP contribution in [0, 0.1) is 5.92 Å². The zero-order valence-corrected chi connectivity index (χ0v) is 16.1. The minimum atomic E-state index is -1.08. The van der Waals surface area contributed by atoms with Gasteiger partial charge in [0.15, 0.2) is 0 Å². The molecular formula is C22H25NO5. The van der Waals surface area contributed by atoms with E-state index in [1.807, 2.05) is 0 Å². The Morgan fingerprint density at radius 2 is 1.86 bits per heavy atom. The van der Waals surface area contributed by atoms with Gasteiger partial charge >= 0.3 is 5.97 Å². The highest BCUT2D eigenvalue weighted by atomic mass is 16.5. The Labute approximate surface area is 164 Å². The molecule has 1 saturated carbocycles. The van der Waals surface area contributed by atoms with E-state index in [4.69, 9.17) is 9.47 Å². The lowest BCUT2D eigenvalue weighted by Gasteiger charge is -2.30. The Morgan fingerprint density at radius 1 is 1.14 bits per heavy atom. The Kier molecular flexibility index (Phi) is 5.87. The third-order valence-corrected chi connectivity index (χ3v) is 4.90. The predicted molar refractivity (Wildman–Crippen MR) is 105 cm³/mol. The quantitative estimate of drug-likeness (QED) is 0.691. The molecule has 0 heterocycles. The number of carbonyl (C=O) groups excluding carboxylic acids is 1. The first kappa shape index (κ1) is 19.7. The Bertz CT molecular complexity index is 844. The number of methoxy groups -OCH3 is 1. The van der Waals surface area contributed by atoms with Crippen LogP contribution in [0.3, 0.4) is 0 Å². The molecule has 1 atom stereocenters. The number of hydrogen-bond acceptors (Lipinski definition) is 4. The summed E-state index contributed by atoms with van der Waals surface area (Å²) >= 11 is 0. The van der Waals surface area contributed by atoms with E-state index in [0.717, 1.165) is 5.75 Å².